The monoisotopic (exact) mass is 410 g/mol. The molecule has 7 nitrogen and oxygen atoms in total. The Bertz CT molecular complexity index is 1260. The van der Waals surface area contributed by atoms with Crippen molar-refractivity contribution in [1.82, 2.24) is 25.1 Å². The number of aryl methyl sites for hydroxylation is 2. The lowest BCUT2D eigenvalue weighted by Crippen LogP contribution is -2.12. The van der Waals surface area contributed by atoms with E-state index in [4.69, 9.17) is 4.98 Å². The third kappa shape index (κ3) is 3.66. The highest BCUT2D eigenvalue weighted by atomic mass is 16.1. The summed E-state index contributed by atoms with van der Waals surface area (Å²) in [6.07, 6.45) is 1.87. The van der Waals surface area contributed by atoms with Crippen LogP contribution in [0.2, 0.25) is 0 Å². The minimum atomic E-state index is -0.0233. The zero-order chi connectivity index (χ0) is 21.4. The quantitative estimate of drug-likeness (QED) is 0.512. The second-order valence-electron chi connectivity index (χ2n) is 7.55. The molecule has 0 radical (unpaired) electrons. The van der Waals surface area contributed by atoms with Gasteiger partial charge in [-0.2, -0.15) is 4.98 Å². The Labute approximate surface area is 180 Å². The number of benzene rings is 2. The summed E-state index contributed by atoms with van der Waals surface area (Å²) in [5.41, 5.74) is 6.67. The van der Waals surface area contributed by atoms with E-state index >= 15 is 0 Å². The number of nitrogens with one attached hydrogen (secondary N) is 2. The third-order valence-corrected chi connectivity index (χ3v) is 5.37. The molecule has 4 aromatic rings. The summed E-state index contributed by atoms with van der Waals surface area (Å²) >= 11 is 0. The molecule has 31 heavy (non-hydrogen) atoms. The van der Waals surface area contributed by atoms with Crippen LogP contribution in [0.5, 0.6) is 0 Å². The summed E-state index contributed by atoms with van der Waals surface area (Å²) in [6, 6.07) is 17.9. The lowest BCUT2D eigenvalue weighted by Gasteiger charge is -2.07. The van der Waals surface area contributed by atoms with Crippen LogP contribution >= 0.6 is 0 Å². The van der Waals surface area contributed by atoms with Gasteiger partial charge in [-0.3, -0.25) is 9.78 Å². The smallest absolute Gasteiger partial charge is 0.251 e. The highest BCUT2D eigenvalue weighted by molar-refractivity contribution is 5.98. The number of fused-ring (bicyclic) bond motifs is 1. The van der Waals surface area contributed by atoms with E-state index < -0.39 is 0 Å². The van der Waals surface area contributed by atoms with Crippen LogP contribution in [0.3, 0.4) is 0 Å². The molecule has 0 saturated heterocycles. The van der Waals surface area contributed by atoms with Crippen molar-refractivity contribution in [2.75, 3.05) is 5.32 Å². The summed E-state index contributed by atoms with van der Waals surface area (Å²) in [4.78, 5) is 21.0. The molecule has 7 heteroatoms. The molecule has 1 aliphatic rings. The first-order chi connectivity index (χ1) is 15.1. The Morgan fingerprint density at radius 3 is 2.61 bits per heavy atom. The number of carbonyl (C=O) groups excluding carboxylic acids is 1. The fraction of sp³-hybridized carbons (Fsp3) is 0.167. The van der Waals surface area contributed by atoms with Gasteiger partial charge in [0, 0.05) is 41.7 Å². The SMILES string of the molecule is CCn1nc(-c2ccc(-c3ccc(C)cn3)cc2)nc1Nc1ccc2c(c1)CNC2=O. The number of rotatable bonds is 5. The highest BCUT2D eigenvalue weighted by Crippen LogP contribution is 2.26. The number of hydrogen-bond acceptors (Lipinski definition) is 5. The molecule has 5 rings (SSSR count). The van der Waals surface area contributed by atoms with Crippen molar-refractivity contribution in [1.29, 1.82) is 0 Å². The second-order valence-corrected chi connectivity index (χ2v) is 7.55. The molecule has 0 spiro atoms. The van der Waals surface area contributed by atoms with E-state index in [1.54, 1.807) is 0 Å². The van der Waals surface area contributed by atoms with Gasteiger partial charge in [-0.1, -0.05) is 30.3 Å². The van der Waals surface area contributed by atoms with Gasteiger partial charge in [0.15, 0.2) is 5.82 Å². The first-order valence-electron chi connectivity index (χ1n) is 10.3. The molecule has 3 heterocycles. The minimum absolute atomic E-state index is 0.0233. The van der Waals surface area contributed by atoms with Gasteiger partial charge >= 0.3 is 0 Å². The first kappa shape index (κ1) is 19.0. The average Bonchev–Trinajstić information content (AvgIpc) is 3.37. The van der Waals surface area contributed by atoms with Gasteiger partial charge in [-0.15, -0.1) is 5.10 Å². The Balaban J connectivity index is 1.40. The number of hydrogen-bond donors (Lipinski definition) is 2. The number of aromatic nitrogens is 4. The van der Waals surface area contributed by atoms with E-state index in [-0.39, 0.29) is 5.91 Å². The van der Waals surface area contributed by atoms with Crippen molar-refractivity contribution in [2.24, 2.45) is 0 Å². The Kier molecular flexibility index (Phi) is 4.71. The fourth-order valence-corrected chi connectivity index (χ4v) is 3.65. The van der Waals surface area contributed by atoms with Crippen LogP contribution in [0.4, 0.5) is 11.6 Å². The molecular formula is C24H22N6O. The largest absolute Gasteiger partial charge is 0.348 e. The van der Waals surface area contributed by atoms with E-state index in [2.05, 4.69) is 26.8 Å². The summed E-state index contributed by atoms with van der Waals surface area (Å²) in [7, 11) is 0. The Morgan fingerprint density at radius 1 is 1.06 bits per heavy atom. The third-order valence-electron chi connectivity index (χ3n) is 5.37. The molecule has 1 aliphatic heterocycles. The number of pyridine rings is 1. The van der Waals surface area contributed by atoms with Gasteiger partial charge < -0.3 is 10.6 Å². The molecular weight excluding hydrogens is 388 g/mol. The standard InChI is InChI=1S/C24H22N6O/c1-3-30-24(27-19-9-10-20-18(12-19)14-26-23(20)31)28-22(29-30)17-7-5-16(6-8-17)21-11-4-15(2)13-25-21/h4-13H,3,14H2,1-2H3,(H,26,31)(H,27,28,29). The molecule has 2 aromatic carbocycles. The van der Waals surface area contributed by atoms with Crippen molar-refractivity contribution in [2.45, 2.75) is 26.9 Å². The summed E-state index contributed by atoms with van der Waals surface area (Å²) in [5.74, 6) is 1.30. The van der Waals surface area contributed by atoms with Crippen molar-refractivity contribution in [3.8, 4) is 22.6 Å². The topological polar surface area (TPSA) is 84.7 Å². The number of amides is 1. The molecule has 0 atom stereocenters. The van der Waals surface area contributed by atoms with E-state index in [0.717, 1.165) is 39.2 Å². The van der Waals surface area contributed by atoms with Crippen LogP contribution < -0.4 is 10.6 Å². The van der Waals surface area contributed by atoms with Crippen molar-refractivity contribution >= 4 is 17.5 Å². The maximum atomic E-state index is 11.8. The zero-order valence-electron chi connectivity index (χ0n) is 17.4. The molecule has 154 valence electrons. The van der Waals surface area contributed by atoms with Crippen LogP contribution in [0.25, 0.3) is 22.6 Å². The number of carbonyl (C=O) groups is 1. The van der Waals surface area contributed by atoms with Gasteiger partial charge in [0.1, 0.15) is 0 Å². The van der Waals surface area contributed by atoms with Crippen LogP contribution in [-0.4, -0.2) is 25.7 Å². The van der Waals surface area contributed by atoms with E-state index in [1.807, 2.05) is 73.3 Å². The second kappa shape index (κ2) is 7.68. The zero-order valence-corrected chi connectivity index (χ0v) is 17.4. The van der Waals surface area contributed by atoms with Crippen LogP contribution in [-0.2, 0) is 13.1 Å². The molecule has 0 saturated carbocycles. The molecule has 2 N–H and O–H groups in total. The van der Waals surface area contributed by atoms with Crippen LogP contribution in [0, 0.1) is 6.92 Å². The van der Waals surface area contributed by atoms with E-state index in [9.17, 15) is 4.79 Å². The number of nitrogens with zero attached hydrogens (tertiary/aromatic N) is 4. The molecule has 1 amide bonds. The Morgan fingerprint density at radius 2 is 1.87 bits per heavy atom. The predicted molar refractivity (Wildman–Crippen MR) is 120 cm³/mol. The van der Waals surface area contributed by atoms with Crippen LogP contribution in [0.1, 0.15) is 28.4 Å². The fourth-order valence-electron chi connectivity index (χ4n) is 3.65. The summed E-state index contributed by atoms with van der Waals surface area (Å²) in [5, 5.41) is 10.8. The van der Waals surface area contributed by atoms with Crippen LogP contribution in [0.15, 0.2) is 60.8 Å². The normalized spacial score (nSPS) is 12.5. The lowest BCUT2D eigenvalue weighted by atomic mass is 10.1. The first-order valence-corrected chi connectivity index (χ1v) is 10.3. The maximum absolute atomic E-state index is 11.8. The van der Waals surface area contributed by atoms with E-state index in [1.165, 1.54) is 0 Å². The van der Waals surface area contributed by atoms with Gasteiger partial charge in [0.2, 0.25) is 5.95 Å². The van der Waals surface area contributed by atoms with Gasteiger partial charge in [0.05, 0.1) is 5.69 Å². The summed E-state index contributed by atoms with van der Waals surface area (Å²) in [6.45, 7) is 5.30. The maximum Gasteiger partial charge on any atom is 0.251 e. The molecule has 0 unspecified atom stereocenters. The molecule has 2 aromatic heterocycles. The predicted octanol–water partition coefficient (Wildman–Crippen LogP) is 4.32. The molecule has 0 bridgehead atoms. The average molecular weight is 410 g/mol. The van der Waals surface area contributed by atoms with Gasteiger partial charge in [0.25, 0.3) is 5.91 Å². The van der Waals surface area contributed by atoms with Gasteiger partial charge in [-0.05, 0) is 49.2 Å². The van der Waals surface area contributed by atoms with Gasteiger partial charge in [-0.25, -0.2) is 4.68 Å². The highest BCUT2D eigenvalue weighted by Gasteiger charge is 2.19. The number of anilines is 2. The van der Waals surface area contributed by atoms with Crippen molar-refractivity contribution in [3.05, 3.63) is 77.5 Å². The van der Waals surface area contributed by atoms with Crippen molar-refractivity contribution < 1.29 is 4.79 Å². The lowest BCUT2D eigenvalue weighted by molar-refractivity contribution is 0.0966. The van der Waals surface area contributed by atoms with E-state index in [0.29, 0.717) is 24.9 Å². The minimum Gasteiger partial charge on any atom is -0.348 e. The Hall–Kier alpha value is -4.00. The van der Waals surface area contributed by atoms with Crippen molar-refractivity contribution in [3.63, 3.8) is 0 Å². The molecule has 0 aliphatic carbocycles. The molecule has 0 fully saturated rings. The summed E-state index contributed by atoms with van der Waals surface area (Å²) < 4.78 is 1.83.